The van der Waals surface area contributed by atoms with E-state index < -0.39 is 0 Å². The molecule has 0 bridgehead atoms. The lowest BCUT2D eigenvalue weighted by molar-refractivity contribution is 0.265. The minimum absolute atomic E-state index is 0.0739. The summed E-state index contributed by atoms with van der Waals surface area (Å²) in [7, 11) is 0. The van der Waals surface area contributed by atoms with Gasteiger partial charge in [-0.25, -0.2) is 0 Å². The second-order valence-corrected chi connectivity index (χ2v) is 3.56. The number of hydrogen-bond acceptors (Lipinski definition) is 3. The van der Waals surface area contributed by atoms with Crippen LogP contribution in [0.15, 0.2) is 16.7 Å². The van der Waals surface area contributed by atoms with Crippen LogP contribution in [0.25, 0.3) is 0 Å². The van der Waals surface area contributed by atoms with Gasteiger partial charge in [0.05, 0.1) is 18.3 Å². The van der Waals surface area contributed by atoms with Crippen molar-refractivity contribution < 1.29 is 5.11 Å². The maximum absolute atomic E-state index is 8.81. The van der Waals surface area contributed by atoms with Crippen molar-refractivity contribution in [2.75, 3.05) is 6.61 Å². The molecule has 0 spiro atoms. The average molecular weight is 231 g/mol. The number of aliphatic hydroxyl groups is 1. The Hall–Kier alpha value is -0.450. The van der Waals surface area contributed by atoms with Crippen molar-refractivity contribution in [1.29, 1.82) is 0 Å². The Morgan fingerprint density at radius 3 is 2.92 bits per heavy atom. The van der Waals surface area contributed by atoms with Gasteiger partial charge >= 0.3 is 0 Å². The smallest absolute Gasteiger partial charge is 0.0707 e. The summed E-state index contributed by atoms with van der Waals surface area (Å²) >= 11 is 3.30. The van der Waals surface area contributed by atoms with Crippen molar-refractivity contribution in [3.63, 3.8) is 0 Å². The van der Waals surface area contributed by atoms with Crippen LogP contribution >= 0.6 is 15.9 Å². The molecule has 0 radical (unpaired) electrons. The lowest BCUT2D eigenvalue weighted by Gasteiger charge is -2.10. The molecule has 0 aliphatic rings. The maximum atomic E-state index is 8.81. The lowest BCUT2D eigenvalue weighted by Crippen LogP contribution is -2.17. The third-order valence-corrected chi connectivity index (χ3v) is 2.07. The lowest BCUT2D eigenvalue weighted by atomic mass is 10.1. The number of aryl methyl sites for hydroxylation is 1. The number of nitrogens with zero attached hydrogens (tertiary/aromatic N) is 1. The van der Waals surface area contributed by atoms with E-state index in [1.165, 1.54) is 0 Å². The van der Waals surface area contributed by atoms with Crippen molar-refractivity contribution in [2.24, 2.45) is 5.73 Å². The number of rotatable bonds is 2. The van der Waals surface area contributed by atoms with Gasteiger partial charge in [-0.2, -0.15) is 0 Å². The van der Waals surface area contributed by atoms with E-state index in [0.717, 1.165) is 15.7 Å². The monoisotopic (exact) mass is 230 g/mol. The van der Waals surface area contributed by atoms with Crippen molar-refractivity contribution in [3.05, 3.63) is 28.0 Å². The quantitative estimate of drug-likeness (QED) is 0.802. The van der Waals surface area contributed by atoms with Crippen LogP contribution in [0.1, 0.15) is 17.3 Å². The van der Waals surface area contributed by atoms with Gasteiger partial charge in [0, 0.05) is 10.7 Å². The summed E-state index contributed by atoms with van der Waals surface area (Å²) in [6.07, 6.45) is 1.68. The van der Waals surface area contributed by atoms with Crippen LogP contribution < -0.4 is 5.73 Å². The third-order valence-electron chi connectivity index (χ3n) is 1.63. The molecule has 1 aromatic heterocycles. The molecule has 3 N–H and O–H groups in total. The molecule has 0 aromatic carbocycles. The molecule has 1 atom stereocenters. The number of aromatic nitrogens is 1. The molecule has 0 aliphatic carbocycles. The van der Waals surface area contributed by atoms with Gasteiger partial charge in [-0.1, -0.05) is 0 Å². The largest absolute Gasteiger partial charge is 0.394 e. The summed E-state index contributed by atoms with van der Waals surface area (Å²) in [5.41, 5.74) is 7.36. The summed E-state index contributed by atoms with van der Waals surface area (Å²) in [6.45, 7) is 1.85. The first-order chi connectivity index (χ1) is 5.65. The Labute approximate surface area is 79.7 Å². The Balaban J connectivity index is 3.01. The first-order valence-electron chi connectivity index (χ1n) is 3.63. The Morgan fingerprint density at radius 2 is 2.42 bits per heavy atom. The van der Waals surface area contributed by atoms with Crippen molar-refractivity contribution >= 4 is 15.9 Å². The molecule has 0 fully saturated rings. The molecule has 0 saturated heterocycles. The predicted octanol–water partition coefficient (Wildman–Crippen LogP) is 1.14. The minimum Gasteiger partial charge on any atom is -0.394 e. The zero-order valence-corrected chi connectivity index (χ0v) is 8.37. The van der Waals surface area contributed by atoms with E-state index in [1.807, 2.05) is 13.0 Å². The van der Waals surface area contributed by atoms with Crippen LogP contribution in [-0.4, -0.2) is 16.7 Å². The molecule has 4 heteroatoms. The van der Waals surface area contributed by atoms with E-state index in [9.17, 15) is 0 Å². The summed E-state index contributed by atoms with van der Waals surface area (Å²) in [4.78, 5) is 4.12. The predicted molar refractivity (Wildman–Crippen MR) is 50.7 cm³/mol. The Bertz CT molecular complexity index is 278. The Kier molecular flexibility index (Phi) is 3.20. The summed E-state index contributed by atoms with van der Waals surface area (Å²) in [6, 6.07) is 1.55. The fraction of sp³-hybridized carbons (Fsp3) is 0.375. The number of halogens is 1. The van der Waals surface area contributed by atoms with Gasteiger partial charge in [0.2, 0.25) is 0 Å². The molecule has 3 nitrogen and oxygen atoms in total. The maximum Gasteiger partial charge on any atom is 0.0707 e. The second-order valence-electron chi connectivity index (χ2n) is 2.64. The van der Waals surface area contributed by atoms with Crippen molar-refractivity contribution in [3.8, 4) is 0 Å². The molecule has 12 heavy (non-hydrogen) atoms. The zero-order valence-electron chi connectivity index (χ0n) is 6.79. The molecule has 1 rings (SSSR count). The number of nitrogens with two attached hydrogens (primary N) is 1. The van der Waals surface area contributed by atoms with Crippen LogP contribution in [0.4, 0.5) is 0 Å². The van der Waals surface area contributed by atoms with E-state index in [1.54, 1.807) is 6.20 Å². The van der Waals surface area contributed by atoms with Crippen LogP contribution in [0.3, 0.4) is 0 Å². The summed E-state index contributed by atoms with van der Waals surface area (Å²) in [5.74, 6) is 0. The van der Waals surface area contributed by atoms with Gasteiger partial charge in [0.15, 0.2) is 0 Å². The second kappa shape index (κ2) is 3.98. The normalized spacial score (nSPS) is 13.0. The summed E-state index contributed by atoms with van der Waals surface area (Å²) in [5, 5.41) is 8.81. The Morgan fingerprint density at radius 1 is 1.75 bits per heavy atom. The summed E-state index contributed by atoms with van der Waals surface area (Å²) < 4.78 is 0.925. The van der Waals surface area contributed by atoms with Crippen LogP contribution in [-0.2, 0) is 0 Å². The van der Waals surface area contributed by atoms with Crippen LogP contribution in [0.2, 0.25) is 0 Å². The first kappa shape index (κ1) is 9.64. The van der Waals surface area contributed by atoms with E-state index in [4.69, 9.17) is 10.8 Å². The molecule has 66 valence electrons. The minimum atomic E-state index is -0.377. The first-order valence-corrected chi connectivity index (χ1v) is 4.43. The van der Waals surface area contributed by atoms with Crippen LogP contribution in [0.5, 0.6) is 0 Å². The molecule has 1 heterocycles. The molecular formula is C8H11BrN2O. The van der Waals surface area contributed by atoms with E-state index in [-0.39, 0.29) is 12.6 Å². The van der Waals surface area contributed by atoms with E-state index >= 15 is 0 Å². The van der Waals surface area contributed by atoms with Gasteiger partial charge in [0.25, 0.3) is 0 Å². The van der Waals surface area contributed by atoms with Gasteiger partial charge in [0.1, 0.15) is 0 Å². The van der Waals surface area contributed by atoms with E-state index in [2.05, 4.69) is 20.9 Å². The molecule has 1 aromatic rings. The number of hydrogen-bond donors (Lipinski definition) is 2. The highest BCUT2D eigenvalue weighted by atomic mass is 79.9. The molecule has 1 unspecified atom stereocenters. The fourth-order valence-electron chi connectivity index (χ4n) is 1.03. The van der Waals surface area contributed by atoms with Crippen LogP contribution in [0, 0.1) is 6.92 Å². The van der Waals surface area contributed by atoms with Gasteiger partial charge in [-0.15, -0.1) is 0 Å². The molecule has 0 aliphatic heterocycles. The van der Waals surface area contributed by atoms with Crippen molar-refractivity contribution in [1.82, 2.24) is 4.98 Å². The number of aliphatic hydroxyl groups excluding tert-OH is 1. The zero-order chi connectivity index (χ0) is 9.14. The standard InChI is InChI=1S/C8H11BrN2O/c1-5-2-6(9)3-11-8(5)7(10)4-12/h2-3,7,12H,4,10H2,1H3. The number of pyridine rings is 1. The van der Waals surface area contributed by atoms with Gasteiger partial charge < -0.3 is 10.8 Å². The van der Waals surface area contributed by atoms with E-state index in [0.29, 0.717) is 0 Å². The van der Waals surface area contributed by atoms with Gasteiger partial charge in [-0.05, 0) is 34.5 Å². The fourth-order valence-corrected chi connectivity index (χ4v) is 1.47. The topological polar surface area (TPSA) is 59.1 Å². The molecular weight excluding hydrogens is 220 g/mol. The van der Waals surface area contributed by atoms with Crippen molar-refractivity contribution in [2.45, 2.75) is 13.0 Å². The highest BCUT2D eigenvalue weighted by molar-refractivity contribution is 9.10. The molecule has 0 saturated carbocycles. The SMILES string of the molecule is Cc1cc(Br)cnc1C(N)CO. The van der Waals surface area contributed by atoms with Gasteiger partial charge in [-0.3, -0.25) is 4.98 Å². The average Bonchev–Trinajstić information content (AvgIpc) is 2.03. The molecule has 0 amide bonds. The third kappa shape index (κ3) is 2.03. The highest BCUT2D eigenvalue weighted by Crippen LogP contribution is 2.16. The highest BCUT2D eigenvalue weighted by Gasteiger charge is 2.08.